The van der Waals surface area contributed by atoms with Crippen molar-refractivity contribution < 1.29 is 0 Å². The molecule has 0 bridgehead atoms. The Bertz CT molecular complexity index is 890. The number of thiazole rings is 1. The third-order valence-corrected chi connectivity index (χ3v) is 6.97. The maximum absolute atomic E-state index is 6.22. The Morgan fingerprint density at radius 1 is 1.20 bits per heavy atom. The molecule has 1 fully saturated rings. The van der Waals surface area contributed by atoms with Gasteiger partial charge in [0.1, 0.15) is 10.6 Å². The van der Waals surface area contributed by atoms with Crippen LogP contribution in [0.4, 0.5) is 5.82 Å². The van der Waals surface area contributed by atoms with Gasteiger partial charge in [-0.1, -0.05) is 6.42 Å². The Morgan fingerprint density at radius 3 is 2.64 bits per heavy atom. The first-order chi connectivity index (χ1) is 12.0. The van der Waals surface area contributed by atoms with Crippen LogP contribution in [0.3, 0.4) is 0 Å². The average Bonchev–Trinajstić information content (AvgIpc) is 3.17. The van der Waals surface area contributed by atoms with Crippen LogP contribution >= 0.6 is 22.7 Å². The molecule has 4 heterocycles. The van der Waals surface area contributed by atoms with Gasteiger partial charge < -0.3 is 5.73 Å². The lowest BCUT2D eigenvalue weighted by molar-refractivity contribution is 0.0965. The van der Waals surface area contributed by atoms with E-state index in [-0.39, 0.29) is 0 Å². The highest BCUT2D eigenvalue weighted by atomic mass is 32.1. The fourth-order valence-corrected chi connectivity index (χ4v) is 5.36. The highest BCUT2D eigenvalue weighted by molar-refractivity contribution is 7.18. The first-order valence-corrected chi connectivity index (χ1v) is 10.4. The predicted octanol–water partition coefficient (Wildman–Crippen LogP) is 4.47. The fraction of sp³-hybridized carbons (Fsp3) is 0.500. The Morgan fingerprint density at radius 2 is 1.96 bits per heavy atom. The lowest BCUT2D eigenvalue weighted by atomic mass is 9.97. The van der Waals surface area contributed by atoms with Gasteiger partial charge in [0.05, 0.1) is 5.39 Å². The second kappa shape index (κ2) is 6.63. The molecule has 0 radical (unpaired) electrons. The molecule has 5 nitrogen and oxygen atoms in total. The molecule has 1 aliphatic heterocycles. The number of nitrogens with zero attached hydrogens (tertiary/aromatic N) is 4. The van der Waals surface area contributed by atoms with Gasteiger partial charge >= 0.3 is 0 Å². The largest absolute Gasteiger partial charge is 0.383 e. The lowest BCUT2D eigenvalue weighted by Crippen LogP contribution is -2.42. The molecular weight excluding hydrogens is 350 g/mol. The van der Waals surface area contributed by atoms with E-state index in [2.05, 4.69) is 34.8 Å². The smallest absolute Gasteiger partial charge is 0.192 e. The molecule has 0 saturated carbocycles. The van der Waals surface area contributed by atoms with Crippen molar-refractivity contribution in [2.75, 3.05) is 5.73 Å². The molecule has 7 heteroatoms. The second-order valence-corrected chi connectivity index (χ2v) is 8.93. The maximum Gasteiger partial charge on any atom is 0.192 e. The summed E-state index contributed by atoms with van der Waals surface area (Å²) < 4.78 is 0. The molecule has 3 aromatic rings. The second-order valence-electron chi connectivity index (χ2n) is 6.96. The summed E-state index contributed by atoms with van der Waals surface area (Å²) >= 11 is 3.29. The van der Waals surface area contributed by atoms with E-state index in [9.17, 15) is 0 Å². The van der Waals surface area contributed by atoms with Gasteiger partial charge in [-0.25, -0.2) is 15.0 Å². The van der Waals surface area contributed by atoms with E-state index in [1.54, 1.807) is 22.7 Å². The van der Waals surface area contributed by atoms with Crippen LogP contribution in [0.1, 0.15) is 43.7 Å². The molecule has 4 rings (SSSR count). The van der Waals surface area contributed by atoms with Gasteiger partial charge in [0.15, 0.2) is 10.8 Å². The van der Waals surface area contributed by atoms with Crippen molar-refractivity contribution in [1.82, 2.24) is 19.9 Å². The van der Waals surface area contributed by atoms with Crippen LogP contribution in [-0.4, -0.2) is 31.9 Å². The van der Waals surface area contributed by atoms with Gasteiger partial charge in [0.2, 0.25) is 0 Å². The van der Waals surface area contributed by atoms with Crippen LogP contribution in [0.15, 0.2) is 11.4 Å². The van der Waals surface area contributed by atoms with E-state index < -0.39 is 0 Å². The quantitative estimate of drug-likeness (QED) is 0.734. The maximum atomic E-state index is 6.22. The van der Waals surface area contributed by atoms with Crippen molar-refractivity contribution in [2.45, 2.75) is 58.7 Å². The summed E-state index contributed by atoms with van der Waals surface area (Å²) in [4.78, 5) is 18.6. The third-order valence-electron chi connectivity index (χ3n) is 5.00. The van der Waals surface area contributed by atoms with Crippen LogP contribution in [0.5, 0.6) is 0 Å². The van der Waals surface area contributed by atoms with Gasteiger partial charge in [-0.15, -0.1) is 22.7 Å². The van der Waals surface area contributed by atoms with Gasteiger partial charge in [0.25, 0.3) is 0 Å². The molecule has 2 atom stereocenters. The van der Waals surface area contributed by atoms with Crippen LogP contribution in [-0.2, 0) is 6.54 Å². The third kappa shape index (κ3) is 3.28. The van der Waals surface area contributed by atoms with Crippen LogP contribution in [0.25, 0.3) is 21.0 Å². The zero-order valence-electron chi connectivity index (χ0n) is 14.8. The number of likely N-dealkylation sites (tertiary alicyclic amines) is 1. The zero-order valence-corrected chi connectivity index (χ0v) is 16.5. The summed E-state index contributed by atoms with van der Waals surface area (Å²) in [6.45, 7) is 7.61. The van der Waals surface area contributed by atoms with Crippen molar-refractivity contribution in [3.05, 3.63) is 22.0 Å². The summed E-state index contributed by atoms with van der Waals surface area (Å²) in [5.41, 5.74) is 7.21. The number of aryl methyl sites for hydroxylation is 1. The summed E-state index contributed by atoms with van der Waals surface area (Å²) in [6, 6.07) is 3.43. The molecule has 0 aliphatic carbocycles. The van der Waals surface area contributed by atoms with E-state index in [0.29, 0.717) is 23.7 Å². The van der Waals surface area contributed by atoms with Crippen molar-refractivity contribution in [3.63, 3.8) is 0 Å². The number of anilines is 1. The Hall–Kier alpha value is -1.57. The molecule has 2 unspecified atom stereocenters. The molecule has 0 aromatic carbocycles. The van der Waals surface area contributed by atoms with E-state index in [0.717, 1.165) is 27.5 Å². The van der Waals surface area contributed by atoms with Crippen LogP contribution in [0.2, 0.25) is 0 Å². The molecule has 1 aliphatic rings. The predicted molar refractivity (Wildman–Crippen MR) is 106 cm³/mol. The number of hydrogen-bond donors (Lipinski definition) is 1. The minimum atomic E-state index is 0.551. The van der Waals surface area contributed by atoms with E-state index >= 15 is 0 Å². The highest BCUT2D eigenvalue weighted by Crippen LogP contribution is 2.33. The van der Waals surface area contributed by atoms with Gasteiger partial charge in [0, 0.05) is 34.6 Å². The fourth-order valence-electron chi connectivity index (χ4n) is 3.59. The summed E-state index contributed by atoms with van der Waals surface area (Å²) in [6.07, 6.45) is 3.90. The molecule has 1 saturated heterocycles. The Kier molecular flexibility index (Phi) is 4.47. The zero-order chi connectivity index (χ0) is 17.6. The topological polar surface area (TPSA) is 67.9 Å². The normalized spacial score (nSPS) is 21.9. The average molecular weight is 374 g/mol. The van der Waals surface area contributed by atoms with Crippen LogP contribution in [0, 0.1) is 6.92 Å². The van der Waals surface area contributed by atoms with Crippen molar-refractivity contribution in [3.8, 4) is 10.8 Å². The standard InChI is InChI=1S/C18H23N5S2/c1-10-9-24-18(20-10)16-21-15(19)14-7-13(25-17(14)22-16)8-23-11(2)5-4-6-12(23)3/h7,9,11-12H,4-6,8H2,1-3H3,(H2,19,21,22). The molecular formula is C18H23N5S2. The minimum absolute atomic E-state index is 0.551. The lowest BCUT2D eigenvalue weighted by Gasteiger charge is -2.38. The first kappa shape index (κ1) is 16.9. The monoisotopic (exact) mass is 373 g/mol. The molecule has 2 N–H and O–H groups in total. The molecule has 132 valence electrons. The molecule has 0 amide bonds. The number of nitrogen functional groups attached to an aromatic ring is 1. The van der Waals surface area contributed by atoms with Gasteiger partial charge in [-0.3, -0.25) is 4.90 Å². The number of thiophene rings is 1. The number of nitrogens with two attached hydrogens (primary N) is 1. The Balaban J connectivity index is 1.67. The SMILES string of the molecule is Cc1csc(-c2nc(N)c3cc(CN4C(C)CCCC4C)sc3n2)n1. The molecule has 0 spiro atoms. The van der Waals surface area contributed by atoms with Crippen molar-refractivity contribution >= 4 is 38.7 Å². The van der Waals surface area contributed by atoms with Crippen LogP contribution < -0.4 is 5.73 Å². The van der Waals surface area contributed by atoms with E-state index in [1.807, 2.05) is 12.3 Å². The summed E-state index contributed by atoms with van der Waals surface area (Å²) in [7, 11) is 0. The summed E-state index contributed by atoms with van der Waals surface area (Å²) in [5.74, 6) is 1.19. The molecule has 25 heavy (non-hydrogen) atoms. The number of piperidine rings is 1. The number of fused-ring (bicyclic) bond motifs is 1. The summed E-state index contributed by atoms with van der Waals surface area (Å²) in [5, 5.41) is 3.81. The number of rotatable bonds is 3. The molecule has 3 aromatic heterocycles. The van der Waals surface area contributed by atoms with Gasteiger partial charge in [-0.2, -0.15) is 0 Å². The minimum Gasteiger partial charge on any atom is -0.383 e. The Labute approximate surface area is 155 Å². The van der Waals surface area contributed by atoms with E-state index in [4.69, 9.17) is 10.7 Å². The van der Waals surface area contributed by atoms with E-state index in [1.165, 1.54) is 24.1 Å². The number of hydrogen-bond acceptors (Lipinski definition) is 7. The number of aromatic nitrogens is 3. The first-order valence-electron chi connectivity index (χ1n) is 8.75. The highest BCUT2D eigenvalue weighted by Gasteiger charge is 2.25. The van der Waals surface area contributed by atoms with Crippen molar-refractivity contribution in [2.24, 2.45) is 0 Å². The van der Waals surface area contributed by atoms with Gasteiger partial charge in [-0.05, 0) is 39.7 Å². The van der Waals surface area contributed by atoms with Crippen molar-refractivity contribution in [1.29, 1.82) is 0 Å².